The van der Waals surface area contributed by atoms with E-state index in [0.29, 0.717) is 84.2 Å². The molecule has 3 aromatic rings. The number of thiocarbonyl (C=S) groups is 1. The van der Waals surface area contributed by atoms with E-state index in [2.05, 4.69) is 16.0 Å². The van der Waals surface area contributed by atoms with Crippen LogP contribution >= 0.6 is 47.0 Å². The maximum atomic E-state index is 12.3. The van der Waals surface area contributed by atoms with Crippen molar-refractivity contribution in [3.63, 3.8) is 0 Å². The molecule has 3 aromatic carbocycles. The fraction of sp³-hybridized carbons (Fsp3) is 0.500. The third kappa shape index (κ3) is 13.0. The molecule has 59 heavy (non-hydrogen) atoms. The first kappa shape index (κ1) is 45.0. The van der Waals surface area contributed by atoms with Gasteiger partial charge in [0.2, 0.25) is 0 Å². The molecule has 3 aliphatic heterocycles. The van der Waals surface area contributed by atoms with E-state index < -0.39 is 35.7 Å². The Hall–Kier alpha value is -3.49. The predicted octanol–water partition coefficient (Wildman–Crippen LogP) is 6.66. The zero-order chi connectivity index (χ0) is 42.1. The van der Waals surface area contributed by atoms with Crippen LogP contribution in [-0.4, -0.2) is 95.5 Å². The lowest BCUT2D eigenvalue weighted by Crippen LogP contribution is -2.34. The van der Waals surface area contributed by atoms with Crippen LogP contribution in [0.1, 0.15) is 47.1 Å². The van der Waals surface area contributed by atoms with Crippen molar-refractivity contribution in [2.45, 2.75) is 51.5 Å². The van der Waals surface area contributed by atoms with E-state index in [0.717, 1.165) is 66.7 Å². The van der Waals surface area contributed by atoms with Crippen LogP contribution in [-0.2, 0) is 46.6 Å². The molecule has 3 aliphatic rings. The Morgan fingerprint density at radius 2 is 1.03 bits per heavy atom. The van der Waals surface area contributed by atoms with Crippen LogP contribution in [0.4, 0.5) is 0 Å². The second-order valence-electron chi connectivity index (χ2n) is 16.3. The van der Waals surface area contributed by atoms with E-state index >= 15 is 0 Å². The summed E-state index contributed by atoms with van der Waals surface area (Å²) >= 11 is 26.0. The highest BCUT2D eigenvalue weighted by Crippen LogP contribution is 2.30. The van der Waals surface area contributed by atoms with Gasteiger partial charge in [0.15, 0.2) is 0 Å². The molecule has 6 rings (SSSR count). The standard InChI is InChI=1S/C44H53Cl3N4O7S/c45-34-11-26(17-38(42(52)53)31-1-4-48-22-31)9-28(13-34)20-41(59)51(25-30-10-27(12-35(46)15-30)18-39(43(54)55)32-2-5-49-23-32)7-8-58-37-16-29(14-36(47)21-37)19-40(44(56)57)33-3-6-50-24-33/h9-16,21,31-33,38-40,48-50H,1-8,17-20,22-25H2,(H,52,53)(H,54,55)(H,56,57). The molecule has 6 atom stereocenters. The lowest BCUT2D eigenvalue weighted by atomic mass is 9.86. The number of nitrogens with one attached hydrogen (secondary N) is 3. The second-order valence-corrected chi connectivity index (χ2v) is 18.1. The highest BCUT2D eigenvalue weighted by Gasteiger charge is 2.33. The van der Waals surface area contributed by atoms with Crippen molar-refractivity contribution in [3.05, 3.63) is 97.5 Å². The predicted molar refractivity (Wildman–Crippen MR) is 234 cm³/mol. The summed E-state index contributed by atoms with van der Waals surface area (Å²) in [5.41, 5.74) is 4.16. The van der Waals surface area contributed by atoms with Gasteiger partial charge in [0.05, 0.1) is 29.3 Å². The molecule has 6 N–H and O–H groups in total. The normalized spacial score (nSPS) is 20.6. The molecule has 3 heterocycles. The first-order chi connectivity index (χ1) is 28.3. The number of carboxylic acids is 3. The lowest BCUT2D eigenvalue weighted by molar-refractivity contribution is -0.144. The van der Waals surface area contributed by atoms with Crippen LogP contribution in [0.5, 0.6) is 5.75 Å². The molecule has 0 spiro atoms. The number of aliphatic carboxylic acids is 3. The van der Waals surface area contributed by atoms with Gasteiger partial charge in [-0.15, -0.1) is 0 Å². The molecule has 0 aliphatic carbocycles. The molecule has 11 nitrogen and oxygen atoms in total. The lowest BCUT2D eigenvalue weighted by Gasteiger charge is -2.27. The maximum absolute atomic E-state index is 12.3. The Morgan fingerprint density at radius 3 is 1.47 bits per heavy atom. The van der Waals surface area contributed by atoms with Crippen LogP contribution in [0.3, 0.4) is 0 Å². The van der Waals surface area contributed by atoms with E-state index in [1.165, 1.54) is 0 Å². The molecule has 0 radical (unpaired) electrons. The van der Waals surface area contributed by atoms with Gasteiger partial charge >= 0.3 is 17.9 Å². The van der Waals surface area contributed by atoms with Gasteiger partial charge in [-0.1, -0.05) is 59.2 Å². The number of hydrogen-bond acceptors (Lipinski definition) is 8. The quantitative estimate of drug-likeness (QED) is 0.0672. The van der Waals surface area contributed by atoms with Crippen molar-refractivity contribution in [2.24, 2.45) is 35.5 Å². The van der Waals surface area contributed by atoms with Gasteiger partial charge in [-0.25, -0.2) is 0 Å². The van der Waals surface area contributed by atoms with Gasteiger partial charge in [0.25, 0.3) is 0 Å². The molecule has 15 heteroatoms. The number of rotatable bonds is 20. The zero-order valence-electron chi connectivity index (χ0n) is 32.9. The van der Waals surface area contributed by atoms with Gasteiger partial charge in [0, 0.05) is 28.0 Å². The number of ether oxygens (including phenoxy) is 1. The van der Waals surface area contributed by atoms with E-state index in [1.807, 2.05) is 47.4 Å². The topological polar surface area (TPSA) is 160 Å². The van der Waals surface area contributed by atoms with Crippen molar-refractivity contribution in [1.29, 1.82) is 0 Å². The number of hydrogen-bond donors (Lipinski definition) is 6. The summed E-state index contributed by atoms with van der Waals surface area (Å²) in [6.45, 7) is 5.35. The van der Waals surface area contributed by atoms with Crippen molar-refractivity contribution in [2.75, 3.05) is 52.4 Å². The highest BCUT2D eigenvalue weighted by atomic mass is 35.5. The van der Waals surface area contributed by atoms with Crippen LogP contribution in [0.15, 0.2) is 54.6 Å². The molecule has 318 valence electrons. The first-order valence-corrected chi connectivity index (χ1v) is 21.9. The summed E-state index contributed by atoms with van der Waals surface area (Å²) in [5.74, 6) is -3.50. The number of benzene rings is 3. The van der Waals surface area contributed by atoms with Crippen LogP contribution in [0.25, 0.3) is 0 Å². The summed E-state index contributed by atoms with van der Waals surface area (Å²) in [6, 6.07) is 16.7. The minimum atomic E-state index is -0.830. The molecule has 0 bridgehead atoms. The molecular weight excluding hydrogens is 835 g/mol. The van der Waals surface area contributed by atoms with E-state index in [-0.39, 0.29) is 24.4 Å². The minimum Gasteiger partial charge on any atom is -0.492 e. The third-order valence-corrected chi connectivity index (χ3v) is 13.1. The van der Waals surface area contributed by atoms with E-state index in [4.69, 9.17) is 51.8 Å². The molecule has 0 amide bonds. The average molecular weight is 888 g/mol. The van der Waals surface area contributed by atoms with Crippen molar-refractivity contribution < 1.29 is 34.4 Å². The summed E-state index contributed by atoms with van der Waals surface area (Å²) in [5, 5.41) is 41.5. The largest absolute Gasteiger partial charge is 0.492 e. The molecule has 0 aromatic heterocycles. The van der Waals surface area contributed by atoms with Crippen molar-refractivity contribution in [1.82, 2.24) is 20.9 Å². The Kier molecular flexibility index (Phi) is 16.3. The number of carbonyl (C=O) groups is 3. The molecule has 0 saturated carbocycles. The zero-order valence-corrected chi connectivity index (χ0v) is 36.0. The number of carboxylic acid groups (broad SMARTS) is 3. The monoisotopic (exact) mass is 886 g/mol. The van der Waals surface area contributed by atoms with E-state index in [1.54, 1.807) is 12.1 Å². The van der Waals surface area contributed by atoms with Gasteiger partial charge < -0.3 is 40.9 Å². The third-order valence-electron chi connectivity index (χ3n) is 12.0. The maximum Gasteiger partial charge on any atom is 0.307 e. The molecule has 3 saturated heterocycles. The fourth-order valence-electron chi connectivity index (χ4n) is 8.95. The van der Waals surface area contributed by atoms with Gasteiger partial charge in [-0.05, 0) is 166 Å². The average Bonchev–Trinajstić information content (AvgIpc) is 3.99. The minimum absolute atomic E-state index is 0.0288. The van der Waals surface area contributed by atoms with Crippen LogP contribution in [0.2, 0.25) is 15.1 Å². The van der Waals surface area contributed by atoms with Gasteiger partial charge in [-0.2, -0.15) is 0 Å². The molecule has 6 unspecified atom stereocenters. The summed E-state index contributed by atoms with van der Waals surface area (Å²) in [6.07, 6.45) is 3.80. The van der Waals surface area contributed by atoms with Gasteiger partial charge in [-0.3, -0.25) is 14.4 Å². The van der Waals surface area contributed by atoms with Gasteiger partial charge in [0.1, 0.15) is 12.4 Å². The van der Waals surface area contributed by atoms with Crippen molar-refractivity contribution >= 4 is 69.9 Å². The number of nitrogens with zero attached hydrogens (tertiary/aromatic N) is 1. The Labute approximate surface area is 366 Å². The molecular formula is C44H53Cl3N4O7S. The Morgan fingerprint density at radius 1 is 0.627 bits per heavy atom. The first-order valence-electron chi connectivity index (χ1n) is 20.4. The second kappa shape index (κ2) is 21.3. The van der Waals surface area contributed by atoms with Crippen LogP contribution in [0, 0.1) is 35.5 Å². The highest BCUT2D eigenvalue weighted by molar-refractivity contribution is 7.80. The smallest absolute Gasteiger partial charge is 0.307 e. The SMILES string of the molecule is O=C(O)C(Cc1cc(Cl)cc(CC(=S)N(CCOc2cc(Cl)cc(CC(C(=O)O)C3CCNC3)c2)Cc2cc(Cl)cc(CC(C(=O)O)C3CCNC3)c2)c1)C1CCNC1. The Balaban J connectivity index is 1.21. The van der Waals surface area contributed by atoms with E-state index in [9.17, 15) is 29.7 Å². The molecule has 3 fully saturated rings. The summed E-state index contributed by atoms with van der Waals surface area (Å²) in [7, 11) is 0. The van der Waals surface area contributed by atoms with Crippen molar-refractivity contribution in [3.8, 4) is 5.75 Å². The summed E-state index contributed by atoms with van der Waals surface area (Å²) < 4.78 is 6.28. The summed E-state index contributed by atoms with van der Waals surface area (Å²) in [4.78, 5) is 39.5. The number of halogens is 3. The van der Waals surface area contributed by atoms with Crippen LogP contribution < -0.4 is 20.7 Å². The Bertz CT molecular complexity index is 1970. The fourth-order valence-corrected chi connectivity index (χ4v) is 10.1.